The highest BCUT2D eigenvalue weighted by molar-refractivity contribution is 7.89. The third-order valence-corrected chi connectivity index (χ3v) is 4.63. The average molecular weight is 374 g/mol. The van der Waals surface area contributed by atoms with Gasteiger partial charge in [-0.15, -0.1) is 6.42 Å². The van der Waals surface area contributed by atoms with Crippen molar-refractivity contribution < 1.29 is 22.9 Å². The summed E-state index contributed by atoms with van der Waals surface area (Å²) in [4.78, 5) is 22.2. The maximum Gasteiger partial charge on any atom is 0.338 e. The van der Waals surface area contributed by atoms with Crippen molar-refractivity contribution in [2.24, 2.45) is 0 Å². The summed E-state index contributed by atoms with van der Waals surface area (Å²) in [6.45, 7) is -0.364. The van der Waals surface area contributed by atoms with Crippen LogP contribution in [0, 0.1) is 22.5 Å². The van der Waals surface area contributed by atoms with Crippen LogP contribution < -0.4 is 4.72 Å². The van der Waals surface area contributed by atoms with Crippen molar-refractivity contribution in [3.05, 3.63) is 69.8 Å². The molecule has 1 N–H and O–H groups in total. The number of rotatable bonds is 7. The van der Waals surface area contributed by atoms with Gasteiger partial charge in [-0.2, -0.15) is 4.72 Å². The summed E-state index contributed by atoms with van der Waals surface area (Å²) in [6, 6.07) is 10.9. The van der Waals surface area contributed by atoms with Crippen molar-refractivity contribution in [3.8, 4) is 12.3 Å². The van der Waals surface area contributed by atoms with E-state index in [1.807, 2.05) is 0 Å². The fraction of sp³-hybridized carbons (Fsp3) is 0.118. The quantitative estimate of drug-likeness (QED) is 0.342. The lowest BCUT2D eigenvalue weighted by Crippen LogP contribution is -2.24. The largest absolute Gasteiger partial charge is 0.457 e. The molecular weight excluding hydrogens is 360 g/mol. The number of hydrogen-bond donors (Lipinski definition) is 1. The van der Waals surface area contributed by atoms with E-state index in [-0.39, 0.29) is 29.3 Å². The Morgan fingerprint density at radius 3 is 2.65 bits per heavy atom. The molecule has 0 fully saturated rings. The van der Waals surface area contributed by atoms with Crippen molar-refractivity contribution in [1.29, 1.82) is 0 Å². The van der Waals surface area contributed by atoms with Gasteiger partial charge in [-0.1, -0.05) is 24.1 Å². The van der Waals surface area contributed by atoms with Crippen molar-refractivity contribution in [2.45, 2.75) is 11.5 Å². The summed E-state index contributed by atoms with van der Waals surface area (Å²) >= 11 is 0. The molecule has 0 atom stereocenters. The molecule has 0 spiro atoms. The summed E-state index contributed by atoms with van der Waals surface area (Å²) in [5.74, 6) is 1.39. The van der Waals surface area contributed by atoms with Gasteiger partial charge in [0, 0.05) is 12.1 Å². The Hall–Kier alpha value is -3.22. The van der Waals surface area contributed by atoms with Crippen LogP contribution in [-0.4, -0.2) is 25.9 Å². The molecule has 26 heavy (non-hydrogen) atoms. The summed E-state index contributed by atoms with van der Waals surface area (Å²) in [5, 5.41) is 10.7. The average Bonchev–Trinajstić information content (AvgIpc) is 2.64. The number of esters is 1. The molecule has 0 aromatic heterocycles. The van der Waals surface area contributed by atoms with Crippen LogP contribution in [0.25, 0.3) is 0 Å². The number of ether oxygens (including phenoxy) is 1. The molecule has 2 rings (SSSR count). The van der Waals surface area contributed by atoms with Gasteiger partial charge in [0.2, 0.25) is 10.0 Å². The molecule has 2 aromatic carbocycles. The van der Waals surface area contributed by atoms with Crippen LogP contribution in [0.4, 0.5) is 5.69 Å². The fourth-order valence-electron chi connectivity index (χ4n) is 2.00. The fourth-order valence-corrected chi connectivity index (χ4v) is 2.98. The monoisotopic (exact) mass is 374 g/mol. The highest BCUT2D eigenvalue weighted by Crippen LogP contribution is 2.16. The number of nitro benzene ring substituents is 1. The van der Waals surface area contributed by atoms with E-state index in [1.165, 1.54) is 36.4 Å². The molecule has 0 aliphatic heterocycles. The van der Waals surface area contributed by atoms with E-state index in [0.29, 0.717) is 5.56 Å². The molecule has 0 aliphatic rings. The Kier molecular flexibility index (Phi) is 6.06. The van der Waals surface area contributed by atoms with E-state index in [4.69, 9.17) is 11.2 Å². The second-order valence-corrected chi connectivity index (χ2v) is 6.83. The third-order valence-electron chi connectivity index (χ3n) is 3.24. The van der Waals surface area contributed by atoms with E-state index >= 15 is 0 Å². The number of carbonyl (C=O) groups is 1. The Balaban J connectivity index is 2.11. The Morgan fingerprint density at radius 2 is 1.96 bits per heavy atom. The number of nitro groups is 1. The van der Waals surface area contributed by atoms with Gasteiger partial charge in [0.05, 0.1) is 21.9 Å². The second kappa shape index (κ2) is 8.24. The Morgan fingerprint density at radius 1 is 1.23 bits per heavy atom. The van der Waals surface area contributed by atoms with E-state index in [0.717, 1.165) is 6.07 Å². The van der Waals surface area contributed by atoms with Gasteiger partial charge in [0.1, 0.15) is 6.61 Å². The summed E-state index contributed by atoms with van der Waals surface area (Å²) in [5.41, 5.74) is 0.345. The molecule has 0 amide bonds. The molecule has 0 bridgehead atoms. The van der Waals surface area contributed by atoms with Gasteiger partial charge in [0.25, 0.3) is 5.69 Å². The third kappa shape index (κ3) is 4.89. The van der Waals surface area contributed by atoms with Crippen molar-refractivity contribution in [1.82, 2.24) is 4.72 Å². The highest BCUT2D eigenvalue weighted by atomic mass is 32.2. The Labute approximate surface area is 150 Å². The zero-order chi connectivity index (χ0) is 19.2. The zero-order valence-corrected chi connectivity index (χ0v) is 14.2. The van der Waals surface area contributed by atoms with E-state index in [9.17, 15) is 23.3 Å². The van der Waals surface area contributed by atoms with Gasteiger partial charge in [0.15, 0.2) is 0 Å². The van der Waals surface area contributed by atoms with Gasteiger partial charge in [-0.05, 0) is 23.8 Å². The smallest absolute Gasteiger partial charge is 0.338 e. The van der Waals surface area contributed by atoms with Crippen LogP contribution in [0.15, 0.2) is 53.4 Å². The molecule has 8 nitrogen and oxygen atoms in total. The standard InChI is InChI=1S/C17H14N2O6S/c1-2-9-18-26(23,24)16-8-4-6-14(11-16)17(20)25-12-13-5-3-7-15(10-13)19(21)22/h1,3-8,10-11,18H,9,12H2. The molecule has 0 heterocycles. The van der Waals surface area contributed by atoms with Crippen LogP contribution in [0.5, 0.6) is 0 Å². The highest BCUT2D eigenvalue weighted by Gasteiger charge is 2.16. The van der Waals surface area contributed by atoms with Gasteiger partial charge < -0.3 is 4.74 Å². The second-order valence-electron chi connectivity index (χ2n) is 5.06. The van der Waals surface area contributed by atoms with E-state index in [2.05, 4.69) is 10.6 Å². The zero-order valence-electron chi connectivity index (χ0n) is 13.4. The van der Waals surface area contributed by atoms with Crippen LogP contribution in [0.1, 0.15) is 15.9 Å². The molecule has 0 radical (unpaired) electrons. The minimum absolute atomic E-state index is 0.0269. The van der Waals surface area contributed by atoms with E-state index < -0.39 is 20.9 Å². The predicted octanol–water partition coefficient (Wildman–Crippen LogP) is 1.86. The summed E-state index contributed by atoms with van der Waals surface area (Å²) < 4.78 is 31.3. The normalized spacial score (nSPS) is 10.7. The van der Waals surface area contributed by atoms with Crippen LogP contribution in [0.3, 0.4) is 0 Å². The number of nitrogens with one attached hydrogen (secondary N) is 1. The van der Waals surface area contributed by atoms with Gasteiger partial charge in [-0.25, -0.2) is 13.2 Å². The van der Waals surface area contributed by atoms with Crippen LogP contribution in [0.2, 0.25) is 0 Å². The van der Waals surface area contributed by atoms with Gasteiger partial charge in [-0.3, -0.25) is 10.1 Å². The molecule has 2 aromatic rings. The maximum atomic E-state index is 12.1. The lowest BCUT2D eigenvalue weighted by Gasteiger charge is -2.08. The SMILES string of the molecule is C#CCNS(=O)(=O)c1cccc(C(=O)OCc2cccc([N+](=O)[O-])c2)c1. The van der Waals surface area contributed by atoms with Crippen LogP contribution in [-0.2, 0) is 21.4 Å². The van der Waals surface area contributed by atoms with Crippen molar-refractivity contribution >= 4 is 21.7 Å². The summed E-state index contributed by atoms with van der Waals surface area (Å²) in [7, 11) is -3.84. The first-order chi connectivity index (χ1) is 12.3. The van der Waals surface area contributed by atoms with Gasteiger partial charge >= 0.3 is 5.97 Å². The molecule has 0 aliphatic carbocycles. The lowest BCUT2D eigenvalue weighted by atomic mass is 10.2. The number of nitrogens with zero attached hydrogens (tertiary/aromatic N) is 1. The van der Waals surface area contributed by atoms with Crippen molar-refractivity contribution in [2.75, 3.05) is 6.54 Å². The number of terminal acetylenes is 1. The van der Waals surface area contributed by atoms with Crippen LogP contribution >= 0.6 is 0 Å². The molecule has 9 heteroatoms. The minimum Gasteiger partial charge on any atom is -0.457 e. The first kappa shape index (κ1) is 19.1. The molecular formula is C17H14N2O6S. The Bertz CT molecular complexity index is 979. The topological polar surface area (TPSA) is 116 Å². The number of hydrogen-bond acceptors (Lipinski definition) is 6. The number of sulfonamides is 1. The molecule has 0 saturated heterocycles. The molecule has 0 unspecified atom stereocenters. The van der Waals surface area contributed by atoms with Crippen molar-refractivity contribution in [3.63, 3.8) is 0 Å². The maximum absolute atomic E-state index is 12.1. The lowest BCUT2D eigenvalue weighted by molar-refractivity contribution is -0.384. The van der Waals surface area contributed by atoms with E-state index in [1.54, 1.807) is 6.07 Å². The first-order valence-corrected chi connectivity index (χ1v) is 8.75. The first-order valence-electron chi connectivity index (χ1n) is 7.27. The number of non-ortho nitro benzene ring substituents is 1. The molecule has 134 valence electrons. The predicted molar refractivity (Wildman–Crippen MR) is 92.7 cm³/mol. The summed E-state index contributed by atoms with van der Waals surface area (Å²) in [6.07, 6.45) is 5.02. The molecule has 0 saturated carbocycles. The number of carbonyl (C=O) groups excluding carboxylic acids is 1. The number of benzene rings is 2. The minimum atomic E-state index is -3.84.